The van der Waals surface area contributed by atoms with Crippen molar-refractivity contribution >= 4 is 10.0 Å². The lowest BCUT2D eigenvalue weighted by atomic mass is 10.5. The van der Waals surface area contributed by atoms with Crippen molar-refractivity contribution in [3.05, 3.63) is 40.9 Å². The number of nitrogens with zero attached hydrogens (tertiary/aromatic N) is 4. The second kappa shape index (κ2) is 5.33. The smallest absolute Gasteiger partial charge is 0.266 e. The predicted molar refractivity (Wildman–Crippen MR) is 68.5 cm³/mol. The summed E-state index contributed by atoms with van der Waals surface area (Å²) in [6.07, 6.45) is 4.36. The third-order valence-corrected chi connectivity index (χ3v) is 3.01. The van der Waals surface area contributed by atoms with Gasteiger partial charge in [0, 0.05) is 25.0 Å². The Hall–Kier alpha value is -2.00. The van der Waals surface area contributed by atoms with Crippen molar-refractivity contribution < 1.29 is 8.42 Å². The van der Waals surface area contributed by atoms with Crippen molar-refractivity contribution in [2.45, 2.75) is 6.54 Å². The molecule has 2 aromatic heterocycles. The summed E-state index contributed by atoms with van der Waals surface area (Å²) in [6, 6.07) is 4.66. The molecule has 9 heteroatoms. The van der Waals surface area contributed by atoms with E-state index in [0.717, 1.165) is 6.26 Å². The summed E-state index contributed by atoms with van der Waals surface area (Å²) >= 11 is 0. The maximum atomic E-state index is 11.6. The van der Waals surface area contributed by atoms with E-state index < -0.39 is 10.0 Å². The number of nitrogens with one attached hydrogen (secondary N) is 1. The lowest BCUT2D eigenvalue weighted by Crippen LogP contribution is -2.31. The summed E-state index contributed by atoms with van der Waals surface area (Å²) in [5.74, 6) is 0.490. The average Bonchev–Trinajstić information content (AvgIpc) is 2.83. The van der Waals surface area contributed by atoms with Gasteiger partial charge in [0.15, 0.2) is 5.82 Å². The highest BCUT2D eigenvalue weighted by molar-refractivity contribution is 7.88. The van der Waals surface area contributed by atoms with Crippen LogP contribution in [0.5, 0.6) is 0 Å². The van der Waals surface area contributed by atoms with E-state index in [2.05, 4.69) is 14.9 Å². The van der Waals surface area contributed by atoms with E-state index in [0.29, 0.717) is 5.82 Å². The second-order valence-electron chi connectivity index (χ2n) is 3.87. The Morgan fingerprint density at radius 2 is 2.16 bits per heavy atom. The van der Waals surface area contributed by atoms with E-state index in [1.165, 1.54) is 15.4 Å². The number of hydrogen-bond donors (Lipinski definition) is 1. The summed E-state index contributed by atoms with van der Waals surface area (Å²) in [5, 5.41) is 8.11. The van der Waals surface area contributed by atoms with Crippen molar-refractivity contribution in [1.82, 2.24) is 24.3 Å². The lowest BCUT2D eigenvalue weighted by molar-refractivity contribution is 0.544. The quantitative estimate of drug-likeness (QED) is 0.757. The van der Waals surface area contributed by atoms with Gasteiger partial charge in [0.1, 0.15) is 0 Å². The predicted octanol–water partition coefficient (Wildman–Crippen LogP) is -1.02. The average molecular weight is 283 g/mol. The Labute approximate surface area is 109 Å². The standard InChI is InChI=1S/C10H13N5O3S/c1-19(17,18)12-6-8-15-10(16)4-3-9(13-15)14-7-2-5-11-14/h2-5,7,12H,6,8H2,1H3. The molecule has 19 heavy (non-hydrogen) atoms. The molecule has 0 bridgehead atoms. The van der Waals surface area contributed by atoms with E-state index in [1.807, 2.05) is 0 Å². The molecule has 0 aliphatic heterocycles. The number of aromatic nitrogens is 4. The molecular formula is C10H13N5O3S. The maximum Gasteiger partial charge on any atom is 0.266 e. The van der Waals surface area contributed by atoms with E-state index in [-0.39, 0.29) is 18.6 Å². The monoisotopic (exact) mass is 283 g/mol. The Morgan fingerprint density at radius 1 is 1.37 bits per heavy atom. The normalized spacial score (nSPS) is 11.6. The SMILES string of the molecule is CS(=O)(=O)NCCn1nc(-n2cccn2)ccc1=O. The van der Waals surface area contributed by atoms with Crippen LogP contribution in [0.3, 0.4) is 0 Å². The Kier molecular flexibility index (Phi) is 3.76. The van der Waals surface area contributed by atoms with Crippen molar-refractivity contribution in [3.8, 4) is 5.82 Å². The maximum absolute atomic E-state index is 11.6. The van der Waals surface area contributed by atoms with E-state index >= 15 is 0 Å². The number of sulfonamides is 1. The first-order valence-electron chi connectivity index (χ1n) is 5.48. The molecule has 2 aromatic rings. The first-order valence-corrected chi connectivity index (χ1v) is 7.38. The molecule has 8 nitrogen and oxygen atoms in total. The van der Waals surface area contributed by atoms with Gasteiger partial charge < -0.3 is 0 Å². The highest BCUT2D eigenvalue weighted by Gasteiger charge is 2.04. The molecule has 0 amide bonds. The second-order valence-corrected chi connectivity index (χ2v) is 5.70. The van der Waals surface area contributed by atoms with Crippen LogP contribution < -0.4 is 10.3 Å². The molecule has 1 N–H and O–H groups in total. The number of rotatable bonds is 5. The summed E-state index contributed by atoms with van der Waals surface area (Å²) in [4.78, 5) is 11.6. The molecule has 0 aromatic carbocycles. The molecule has 0 fully saturated rings. The fourth-order valence-electron chi connectivity index (χ4n) is 1.46. The molecule has 0 radical (unpaired) electrons. The molecule has 0 saturated heterocycles. The largest absolute Gasteiger partial charge is 0.268 e. The zero-order valence-corrected chi connectivity index (χ0v) is 11.0. The van der Waals surface area contributed by atoms with Crippen LogP contribution in [0, 0.1) is 0 Å². The molecule has 0 atom stereocenters. The van der Waals surface area contributed by atoms with Crippen molar-refractivity contribution in [2.24, 2.45) is 0 Å². The lowest BCUT2D eigenvalue weighted by Gasteiger charge is -2.07. The van der Waals surface area contributed by atoms with Gasteiger partial charge >= 0.3 is 0 Å². The number of hydrogen-bond acceptors (Lipinski definition) is 5. The van der Waals surface area contributed by atoms with Crippen molar-refractivity contribution in [1.29, 1.82) is 0 Å². The molecule has 2 rings (SSSR count). The van der Waals surface area contributed by atoms with Crippen LogP contribution >= 0.6 is 0 Å². The van der Waals surface area contributed by atoms with Gasteiger partial charge in [0.25, 0.3) is 5.56 Å². The molecule has 2 heterocycles. The topological polar surface area (TPSA) is 98.9 Å². The van der Waals surface area contributed by atoms with Crippen LogP contribution in [0.25, 0.3) is 5.82 Å². The van der Waals surface area contributed by atoms with Crippen molar-refractivity contribution in [3.63, 3.8) is 0 Å². The van der Waals surface area contributed by atoms with E-state index in [4.69, 9.17) is 0 Å². The minimum atomic E-state index is -3.27. The van der Waals surface area contributed by atoms with Gasteiger partial charge in [-0.3, -0.25) is 4.79 Å². The fourth-order valence-corrected chi connectivity index (χ4v) is 1.92. The van der Waals surface area contributed by atoms with Gasteiger partial charge in [0.2, 0.25) is 10.0 Å². The van der Waals surface area contributed by atoms with Gasteiger partial charge in [-0.1, -0.05) is 0 Å². The van der Waals surface area contributed by atoms with E-state index in [9.17, 15) is 13.2 Å². The highest BCUT2D eigenvalue weighted by atomic mass is 32.2. The zero-order valence-electron chi connectivity index (χ0n) is 10.2. The van der Waals surface area contributed by atoms with Crippen LogP contribution in [0.2, 0.25) is 0 Å². The summed E-state index contributed by atoms with van der Waals surface area (Å²) in [5.41, 5.74) is -0.300. The molecule has 0 unspecified atom stereocenters. The molecule has 0 aliphatic rings. The van der Waals surface area contributed by atoms with Gasteiger partial charge in [0.05, 0.1) is 12.8 Å². The Bertz CT molecular complexity index is 705. The summed E-state index contributed by atoms with van der Waals surface area (Å²) in [7, 11) is -3.27. The first kappa shape index (κ1) is 13.4. The van der Waals surface area contributed by atoms with Gasteiger partial charge in [-0.25, -0.2) is 22.5 Å². The van der Waals surface area contributed by atoms with Gasteiger partial charge in [-0.2, -0.15) is 5.10 Å². The summed E-state index contributed by atoms with van der Waals surface area (Å²) < 4.78 is 26.9. The molecular weight excluding hydrogens is 270 g/mol. The van der Waals surface area contributed by atoms with Crippen LogP contribution in [0.1, 0.15) is 0 Å². The van der Waals surface area contributed by atoms with Crippen LogP contribution in [-0.2, 0) is 16.6 Å². The molecule has 0 saturated carbocycles. The fraction of sp³-hybridized carbons (Fsp3) is 0.300. The minimum absolute atomic E-state index is 0.105. The van der Waals surface area contributed by atoms with Crippen LogP contribution in [-0.4, -0.2) is 40.8 Å². The Morgan fingerprint density at radius 3 is 2.79 bits per heavy atom. The molecule has 102 valence electrons. The minimum Gasteiger partial charge on any atom is -0.268 e. The summed E-state index contributed by atoms with van der Waals surface area (Å²) in [6.45, 7) is 0.259. The van der Waals surface area contributed by atoms with E-state index in [1.54, 1.807) is 24.5 Å². The van der Waals surface area contributed by atoms with Crippen LogP contribution in [0.15, 0.2) is 35.4 Å². The third-order valence-electron chi connectivity index (χ3n) is 2.28. The highest BCUT2D eigenvalue weighted by Crippen LogP contribution is 1.97. The Balaban J connectivity index is 2.16. The van der Waals surface area contributed by atoms with Gasteiger partial charge in [-0.05, 0) is 12.1 Å². The zero-order chi connectivity index (χ0) is 13.9. The van der Waals surface area contributed by atoms with Crippen LogP contribution in [0.4, 0.5) is 0 Å². The van der Waals surface area contributed by atoms with Gasteiger partial charge in [-0.15, -0.1) is 5.10 Å². The van der Waals surface area contributed by atoms with Crippen molar-refractivity contribution in [2.75, 3.05) is 12.8 Å². The third kappa shape index (κ3) is 3.73. The molecule has 0 aliphatic carbocycles. The first-order chi connectivity index (χ1) is 8.96. The molecule has 0 spiro atoms.